The highest BCUT2D eigenvalue weighted by Gasteiger charge is 2.09. The van der Waals surface area contributed by atoms with Crippen LogP contribution >= 0.6 is 0 Å². The molecule has 0 spiro atoms. The van der Waals surface area contributed by atoms with E-state index in [-0.39, 0.29) is 5.97 Å². The van der Waals surface area contributed by atoms with Crippen LogP contribution in [0.15, 0.2) is 48.8 Å². The molecule has 1 aromatic heterocycles. The molecule has 0 unspecified atom stereocenters. The number of ether oxygens (including phenoxy) is 1. The quantitative estimate of drug-likeness (QED) is 0.578. The maximum absolute atomic E-state index is 11.6. The van der Waals surface area contributed by atoms with E-state index in [1.807, 2.05) is 34.9 Å². The molecule has 0 saturated heterocycles. The Morgan fingerprint density at radius 1 is 1.27 bits per heavy atom. The third kappa shape index (κ3) is 2.73. The second kappa shape index (κ2) is 6.03. The number of nitrogens with zero attached hydrogens (tertiary/aromatic N) is 2. The molecule has 3 rings (SSSR count). The maximum atomic E-state index is 11.6. The van der Waals surface area contributed by atoms with E-state index in [0.29, 0.717) is 12.1 Å². The molecule has 3 aromatic rings. The summed E-state index contributed by atoms with van der Waals surface area (Å²) in [5.74, 6) is -0.363. The van der Waals surface area contributed by atoms with Gasteiger partial charge in [-0.15, -0.1) is 0 Å². The number of rotatable bonds is 4. The second-order valence-electron chi connectivity index (χ2n) is 4.94. The Kier molecular flexibility index (Phi) is 3.93. The van der Waals surface area contributed by atoms with Crippen molar-refractivity contribution in [3.05, 3.63) is 59.9 Å². The summed E-state index contributed by atoms with van der Waals surface area (Å²) in [5.41, 5.74) is 4.04. The number of aromatic nitrogens is 2. The molecule has 0 bridgehead atoms. The van der Waals surface area contributed by atoms with Gasteiger partial charge in [0, 0.05) is 6.54 Å². The Morgan fingerprint density at radius 3 is 2.73 bits per heavy atom. The lowest BCUT2D eigenvalue weighted by molar-refractivity contribution is 0.0601. The van der Waals surface area contributed by atoms with E-state index < -0.39 is 0 Å². The van der Waals surface area contributed by atoms with Crippen molar-refractivity contribution >= 4 is 29.9 Å². The van der Waals surface area contributed by atoms with Crippen molar-refractivity contribution in [1.82, 2.24) is 9.55 Å². The summed E-state index contributed by atoms with van der Waals surface area (Å²) >= 11 is 0. The van der Waals surface area contributed by atoms with E-state index in [9.17, 15) is 4.79 Å². The molecule has 22 heavy (non-hydrogen) atoms. The molecular weight excluding hydrogens is 279 g/mol. The molecule has 0 saturated carbocycles. The summed E-state index contributed by atoms with van der Waals surface area (Å²) in [6, 6.07) is 12.9. The Morgan fingerprint density at radius 2 is 2.05 bits per heavy atom. The van der Waals surface area contributed by atoms with Crippen LogP contribution in [0.25, 0.3) is 11.0 Å². The van der Waals surface area contributed by atoms with E-state index in [0.717, 1.165) is 29.5 Å². The van der Waals surface area contributed by atoms with Gasteiger partial charge in [0.25, 0.3) is 0 Å². The lowest BCUT2D eigenvalue weighted by Gasteiger charge is -2.06. The first kappa shape index (κ1) is 14.3. The molecule has 0 amide bonds. The van der Waals surface area contributed by atoms with Crippen molar-refractivity contribution in [2.24, 2.45) is 0 Å². The average molecular weight is 293 g/mol. The predicted octanol–water partition coefficient (Wildman–Crippen LogP) is 1.11. The van der Waals surface area contributed by atoms with E-state index in [1.54, 1.807) is 18.5 Å². The standard InChI is InChI=1S/C16H14BN2O3/c1-22-16(20)12-4-7-14-15(8-12)19(10-18-14)9-11-2-5-13(17-21)6-3-11/h2-8,10,21H,9H2,1H3. The largest absolute Gasteiger partial charge is 0.465 e. The monoisotopic (exact) mass is 293 g/mol. The molecule has 0 aliphatic heterocycles. The van der Waals surface area contributed by atoms with Gasteiger partial charge in [-0.05, 0) is 23.8 Å². The Hall–Kier alpha value is -2.60. The van der Waals surface area contributed by atoms with E-state index in [2.05, 4.69) is 4.98 Å². The van der Waals surface area contributed by atoms with E-state index in [1.165, 1.54) is 7.11 Å². The van der Waals surface area contributed by atoms with E-state index >= 15 is 0 Å². The van der Waals surface area contributed by atoms with Gasteiger partial charge >= 0.3 is 13.5 Å². The zero-order chi connectivity index (χ0) is 15.5. The van der Waals surface area contributed by atoms with Crippen molar-refractivity contribution in [3.63, 3.8) is 0 Å². The van der Waals surface area contributed by atoms with Crippen molar-refractivity contribution in [1.29, 1.82) is 0 Å². The third-order valence-corrected chi connectivity index (χ3v) is 3.52. The van der Waals surface area contributed by atoms with Gasteiger partial charge in [-0.1, -0.05) is 29.7 Å². The predicted molar refractivity (Wildman–Crippen MR) is 84.2 cm³/mol. The number of methoxy groups -OCH3 is 1. The van der Waals surface area contributed by atoms with Crippen LogP contribution in [-0.4, -0.2) is 35.1 Å². The zero-order valence-corrected chi connectivity index (χ0v) is 12.1. The first-order valence-electron chi connectivity index (χ1n) is 6.81. The normalized spacial score (nSPS) is 10.6. The number of esters is 1. The Labute approximate surface area is 128 Å². The summed E-state index contributed by atoms with van der Waals surface area (Å²) in [6.45, 7) is 0.632. The lowest BCUT2D eigenvalue weighted by atomic mass is 9.88. The minimum Gasteiger partial charge on any atom is -0.465 e. The SMILES string of the molecule is COC(=O)c1ccc2ncn(Cc3ccc([B]O)cc3)c2c1. The van der Waals surface area contributed by atoms with E-state index in [4.69, 9.17) is 9.76 Å². The molecule has 2 aromatic carbocycles. The summed E-state index contributed by atoms with van der Waals surface area (Å²) in [6.07, 6.45) is 1.75. The number of fused-ring (bicyclic) bond motifs is 1. The fourth-order valence-corrected chi connectivity index (χ4v) is 2.33. The summed E-state index contributed by atoms with van der Waals surface area (Å²) in [7, 11) is 2.43. The highest BCUT2D eigenvalue weighted by atomic mass is 16.5. The minimum atomic E-state index is -0.363. The Bertz CT molecular complexity index is 812. The van der Waals surface area contributed by atoms with Crippen molar-refractivity contribution in [3.8, 4) is 0 Å². The first-order valence-corrected chi connectivity index (χ1v) is 6.81. The molecule has 5 nitrogen and oxygen atoms in total. The molecule has 6 heteroatoms. The van der Waals surface area contributed by atoms with Gasteiger partial charge in [-0.25, -0.2) is 9.78 Å². The van der Waals surface area contributed by atoms with Crippen LogP contribution < -0.4 is 5.46 Å². The molecule has 0 fully saturated rings. The van der Waals surface area contributed by atoms with Gasteiger partial charge in [0.15, 0.2) is 0 Å². The number of carbonyl (C=O) groups is 1. The molecule has 1 heterocycles. The van der Waals surface area contributed by atoms with Crippen LogP contribution in [-0.2, 0) is 11.3 Å². The topological polar surface area (TPSA) is 64.3 Å². The summed E-state index contributed by atoms with van der Waals surface area (Å²) < 4.78 is 6.72. The minimum absolute atomic E-state index is 0.363. The smallest absolute Gasteiger partial charge is 0.337 e. The van der Waals surface area contributed by atoms with Gasteiger partial charge in [0.1, 0.15) is 0 Å². The molecule has 1 N–H and O–H groups in total. The molecule has 0 atom stereocenters. The van der Waals surface area contributed by atoms with Crippen LogP contribution in [0, 0.1) is 0 Å². The van der Waals surface area contributed by atoms with Crippen LogP contribution in [0.5, 0.6) is 0 Å². The summed E-state index contributed by atoms with van der Waals surface area (Å²) in [5, 5.41) is 8.95. The maximum Gasteiger partial charge on any atom is 0.337 e. The van der Waals surface area contributed by atoms with Crippen LogP contribution in [0.4, 0.5) is 0 Å². The van der Waals surface area contributed by atoms with Crippen molar-refractivity contribution < 1.29 is 14.6 Å². The fraction of sp³-hybridized carbons (Fsp3) is 0.125. The molecule has 1 radical (unpaired) electrons. The number of benzene rings is 2. The first-order chi connectivity index (χ1) is 10.7. The zero-order valence-electron chi connectivity index (χ0n) is 12.1. The van der Waals surface area contributed by atoms with Gasteiger partial charge in [0.2, 0.25) is 0 Å². The van der Waals surface area contributed by atoms with Crippen LogP contribution in [0.1, 0.15) is 15.9 Å². The van der Waals surface area contributed by atoms with Crippen LogP contribution in [0.3, 0.4) is 0 Å². The lowest BCUT2D eigenvalue weighted by Crippen LogP contribution is -2.12. The van der Waals surface area contributed by atoms with Gasteiger partial charge in [0.05, 0.1) is 30.0 Å². The molecular formula is C16H14BN2O3. The van der Waals surface area contributed by atoms with Crippen molar-refractivity contribution in [2.45, 2.75) is 6.54 Å². The van der Waals surface area contributed by atoms with Gasteiger partial charge in [-0.3, -0.25) is 0 Å². The molecule has 109 valence electrons. The average Bonchev–Trinajstić information content (AvgIpc) is 2.97. The molecule has 0 aliphatic carbocycles. The van der Waals surface area contributed by atoms with Gasteiger partial charge < -0.3 is 14.3 Å². The fourth-order valence-electron chi connectivity index (χ4n) is 2.33. The Balaban J connectivity index is 1.94. The molecule has 0 aliphatic rings. The highest BCUT2D eigenvalue weighted by Crippen LogP contribution is 2.17. The third-order valence-electron chi connectivity index (χ3n) is 3.52. The summed E-state index contributed by atoms with van der Waals surface area (Å²) in [4.78, 5) is 16.0. The number of imidazole rings is 1. The highest BCUT2D eigenvalue weighted by molar-refractivity contribution is 6.45. The number of hydrogen-bond donors (Lipinski definition) is 1. The van der Waals surface area contributed by atoms with Gasteiger partial charge in [-0.2, -0.15) is 0 Å². The number of carbonyl (C=O) groups excluding carboxylic acids is 1. The van der Waals surface area contributed by atoms with Crippen LogP contribution in [0.2, 0.25) is 0 Å². The second-order valence-corrected chi connectivity index (χ2v) is 4.94. The number of hydrogen-bond acceptors (Lipinski definition) is 4. The van der Waals surface area contributed by atoms with Crippen molar-refractivity contribution in [2.75, 3.05) is 7.11 Å².